The van der Waals surface area contributed by atoms with Gasteiger partial charge in [-0.15, -0.1) is 0 Å². The lowest BCUT2D eigenvalue weighted by Gasteiger charge is -2.41. The van der Waals surface area contributed by atoms with Gasteiger partial charge in [0.2, 0.25) is 0 Å². The summed E-state index contributed by atoms with van der Waals surface area (Å²) in [7, 11) is 0. The number of benzene rings is 1. The van der Waals surface area contributed by atoms with Crippen molar-refractivity contribution in [2.24, 2.45) is 0 Å². The summed E-state index contributed by atoms with van der Waals surface area (Å²) >= 11 is 0. The summed E-state index contributed by atoms with van der Waals surface area (Å²) in [6.45, 7) is 16.9. The van der Waals surface area contributed by atoms with E-state index in [0.29, 0.717) is 0 Å². The van der Waals surface area contributed by atoms with Gasteiger partial charge in [0.05, 0.1) is 6.67 Å². The Morgan fingerprint density at radius 2 is 1.61 bits per heavy atom. The minimum Gasteiger partial charge on any atom is -0.357 e. The van der Waals surface area contributed by atoms with E-state index in [2.05, 4.69) is 75.6 Å². The maximum atomic E-state index is 2.65. The summed E-state index contributed by atoms with van der Waals surface area (Å²) < 4.78 is 0. The van der Waals surface area contributed by atoms with Crippen LogP contribution < -0.4 is 4.90 Å². The van der Waals surface area contributed by atoms with Crippen LogP contribution >= 0.6 is 0 Å². The van der Waals surface area contributed by atoms with E-state index in [9.17, 15) is 0 Å². The second-order valence-electron chi connectivity index (χ2n) is 7.67. The first-order valence-electron chi connectivity index (χ1n) is 8.74. The predicted octanol–water partition coefficient (Wildman–Crippen LogP) is 4.75. The number of hydrogen-bond acceptors (Lipinski definition) is 2. The molecule has 1 aliphatic heterocycles. The number of allylic oxidation sites excluding steroid dienone is 2. The highest BCUT2D eigenvalue weighted by Gasteiger charge is 2.38. The highest BCUT2D eigenvalue weighted by molar-refractivity contribution is 5.60. The molecule has 1 aromatic carbocycles. The molecule has 2 nitrogen and oxygen atoms in total. The highest BCUT2D eigenvalue weighted by atomic mass is 15.4. The van der Waals surface area contributed by atoms with E-state index >= 15 is 0 Å². The van der Waals surface area contributed by atoms with Gasteiger partial charge in [-0.05, 0) is 59.1 Å². The molecule has 1 fully saturated rings. The molecule has 0 N–H and O–H groups in total. The van der Waals surface area contributed by atoms with Crippen LogP contribution in [0.25, 0.3) is 0 Å². The standard InChI is InChI=1S/C21H30N2/c1-15-7-8-21(6,19(5)13-15)23-10-9-22(14-23)20-17(3)11-16(2)12-18(20)4/h7,11-13H,8-10,14H2,1-6H3/t21-/m0/s1. The Morgan fingerprint density at radius 1 is 0.957 bits per heavy atom. The first kappa shape index (κ1) is 16.3. The largest absolute Gasteiger partial charge is 0.357 e. The molecule has 0 spiro atoms. The maximum absolute atomic E-state index is 2.65. The van der Waals surface area contributed by atoms with Crippen LogP contribution in [0.3, 0.4) is 0 Å². The third-order valence-electron chi connectivity index (χ3n) is 5.75. The molecule has 0 saturated carbocycles. The number of aryl methyl sites for hydroxylation is 3. The van der Waals surface area contributed by atoms with E-state index < -0.39 is 0 Å². The molecule has 0 bridgehead atoms. The molecule has 0 radical (unpaired) electrons. The Balaban J connectivity index is 1.84. The van der Waals surface area contributed by atoms with Crippen LogP contribution in [0.4, 0.5) is 5.69 Å². The van der Waals surface area contributed by atoms with Crippen molar-refractivity contribution in [3.63, 3.8) is 0 Å². The fourth-order valence-electron chi connectivity index (χ4n) is 4.30. The van der Waals surface area contributed by atoms with Gasteiger partial charge < -0.3 is 4.90 Å². The van der Waals surface area contributed by atoms with Crippen molar-refractivity contribution in [2.75, 3.05) is 24.7 Å². The van der Waals surface area contributed by atoms with Crippen molar-refractivity contribution in [1.82, 2.24) is 4.90 Å². The van der Waals surface area contributed by atoms with Gasteiger partial charge in [0.15, 0.2) is 0 Å². The summed E-state index contributed by atoms with van der Waals surface area (Å²) in [5.74, 6) is 0. The fraction of sp³-hybridized carbons (Fsp3) is 0.524. The minimum absolute atomic E-state index is 0.167. The van der Waals surface area contributed by atoms with E-state index in [1.54, 1.807) is 0 Å². The predicted molar refractivity (Wildman–Crippen MR) is 100 cm³/mol. The van der Waals surface area contributed by atoms with E-state index in [1.165, 1.54) is 33.5 Å². The van der Waals surface area contributed by atoms with Crippen LogP contribution in [-0.2, 0) is 0 Å². The SMILES string of the molecule is CC1=CC[C@](C)(N2CCN(c3c(C)cc(C)cc3C)C2)C(C)=C1. The molecule has 0 aromatic heterocycles. The van der Waals surface area contributed by atoms with Crippen LogP contribution in [0.15, 0.2) is 35.4 Å². The summed E-state index contributed by atoms with van der Waals surface area (Å²) in [4.78, 5) is 5.22. The first-order chi connectivity index (χ1) is 10.8. The van der Waals surface area contributed by atoms with Crippen LogP contribution in [0, 0.1) is 20.8 Å². The zero-order valence-corrected chi connectivity index (χ0v) is 15.5. The molecule has 0 amide bonds. The zero-order chi connectivity index (χ0) is 16.8. The molecule has 23 heavy (non-hydrogen) atoms. The van der Waals surface area contributed by atoms with E-state index in [-0.39, 0.29) is 5.54 Å². The van der Waals surface area contributed by atoms with Gasteiger partial charge in [0.25, 0.3) is 0 Å². The topological polar surface area (TPSA) is 6.48 Å². The normalized spacial score (nSPS) is 25.6. The third kappa shape index (κ3) is 2.85. The van der Waals surface area contributed by atoms with E-state index in [0.717, 1.165) is 26.2 Å². The second-order valence-corrected chi connectivity index (χ2v) is 7.67. The second kappa shape index (κ2) is 5.83. The average molecular weight is 310 g/mol. The van der Waals surface area contributed by atoms with E-state index in [4.69, 9.17) is 0 Å². The lowest BCUT2D eigenvalue weighted by atomic mass is 9.82. The monoisotopic (exact) mass is 310 g/mol. The quantitative estimate of drug-likeness (QED) is 0.778. The average Bonchev–Trinajstić information content (AvgIpc) is 2.92. The smallest absolute Gasteiger partial charge is 0.0715 e. The van der Waals surface area contributed by atoms with Gasteiger partial charge in [-0.2, -0.15) is 0 Å². The maximum Gasteiger partial charge on any atom is 0.0715 e. The van der Waals surface area contributed by atoms with Crippen LogP contribution in [0.2, 0.25) is 0 Å². The fourth-order valence-corrected chi connectivity index (χ4v) is 4.30. The van der Waals surface area contributed by atoms with Gasteiger partial charge in [0.1, 0.15) is 0 Å². The number of anilines is 1. The van der Waals surface area contributed by atoms with E-state index in [1.807, 2.05) is 0 Å². The zero-order valence-electron chi connectivity index (χ0n) is 15.5. The van der Waals surface area contributed by atoms with Crippen LogP contribution in [0.5, 0.6) is 0 Å². The Kier molecular flexibility index (Phi) is 4.14. The summed E-state index contributed by atoms with van der Waals surface area (Å²) in [6, 6.07) is 4.62. The molecular formula is C21H30N2. The van der Waals surface area contributed by atoms with Crippen molar-refractivity contribution in [3.8, 4) is 0 Å². The molecule has 124 valence electrons. The van der Waals surface area contributed by atoms with Crippen molar-refractivity contribution >= 4 is 5.69 Å². The van der Waals surface area contributed by atoms with Crippen molar-refractivity contribution < 1.29 is 0 Å². The first-order valence-corrected chi connectivity index (χ1v) is 8.74. The van der Waals surface area contributed by atoms with Gasteiger partial charge in [-0.1, -0.05) is 41.0 Å². The lowest BCUT2D eigenvalue weighted by Crippen LogP contribution is -2.47. The Hall–Kier alpha value is -1.54. The lowest BCUT2D eigenvalue weighted by molar-refractivity contribution is 0.174. The molecule has 0 unspecified atom stereocenters. The number of rotatable bonds is 2. The molecule has 1 aromatic rings. The third-order valence-corrected chi connectivity index (χ3v) is 5.75. The van der Waals surface area contributed by atoms with Crippen molar-refractivity contribution in [2.45, 2.75) is 53.5 Å². The Morgan fingerprint density at radius 3 is 2.22 bits per heavy atom. The molecule has 3 rings (SSSR count). The molecule has 1 aliphatic carbocycles. The Bertz CT molecular complexity index is 660. The van der Waals surface area contributed by atoms with Crippen molar-refractivity contribution in [3.05, 3.63) is 52.1 Å². The molecular weight excluding hydrogens is 280 g/mol. The van der Waals surface area contributed by atoms with Crippen LogP contribution in [-0.4, -0.2) is 30.2 Å². The van der Waals surface area contributed by atoms with Gasteiger partial charge >= 0.3 is 0 Å². The number of hydrogen-bond donors (Lipinski definition) is 0. The Labute approximate surface area is 141 Å². The minimum atomic E-state index is 0.167. The molecule has 2 heteroatoms. The van der Waals surface area contributed by atoms with Crippen molar-refractivity contribution in [1.29, 1.82) is 0 Å². The summed E-state index contributed by atoms with van der Waals surface area (Å²) in [5, 5.41) is 0. The van der Waals surface area contributed by atoms with Gasteiger partial charge in [-0.3, -0.25) is 4.90 Å². The summed E-state index contributed by atoms with van der Waals surface area (Å²) in [5.41, 5.74) is 8.67. The molecule has 2 aliphatic rings. The summed E-state index contributed by atoms with van der Waals surface area (Å²) in [6.07, 6.45) is 5.87. The van der Waals surface area contributed by atoms with Gasteiger partial charge in [0, 0.05) is 24.3 Å². The molecule has 1 heterocycles. The van der Waals surface area contributed by atoms with Gasteiger partial charge in [-0.25, -0.2) is 0 Å². The van der Waals surface area contributed by atoms with Crippen LogP contribution in [0.1, 0.15) is 43.9 Å². The highest BCUT2D eigenvalue weighted by Crippen LogP contribution is 2.37. The molecule has 1 atom stereocenters. The number of nitrogens with zero attached hydrogens (tertiary/aromatic N) is 2. The molecule has 1 saturated heterocycles.